The highest BCUT2D eigenvalue weighted by Gasteiger charge is 2.23. The molecule has 5 nitrogen and oxygen atoms in total. The van der Waals surface area contributed by atoms with Crippen LogP contribution in [0.5, 0.6) is 0 Å². The molecule has 0 radical (unpaired) electrons. The highest BCUT2D eigenvalue weighted by molar-refractivity contribution is 6.06. The number of nitrogens with one attached hydrogen (secondary N) is 1. The molecule has 2 aromatic rings. The zero-order valence-corrected chi connectivity index (χ0v) is 13.4. The number of ether oxygens (including phenoxy) is 1. The number of esters is 1. The van der Waals surface area contributed by atoms with E-state index in [9.17, 15) is 9.18 Å². The van der Waals surface area contributed by atoms with Crippen LogP contribution in [-0.2, 0) is 4.74 Å². The topological polar surface area (TPSA) is 54.5 Å². The molecule has 0 amide bonds. The van der Waals surface area contributed by atoms with E-state index >= 15 is 0 Å². The van der Waals surface area contributed by atoms with Crippen molar-refractivity contribution in [2.45, 2.75) is 13.8 Å². The highest BCUT2D eigenvalue weighted by atomic mass is 19.1. The van der Waals surface area contributed by atoms with Crippen LogP contribution in [-0.4, -0.2) is 43.7 Å². The molecule has 1 saturated heterocycles. The summed E-state index contributed by atoms with van der Waals surface area (Å²) >= 11 is 0. The molecule has 1 aromatic carbocycles. The van der Waals surface area contributed by atoms with Crippen LogP contribution in [0.3, 0.4) is 0 Å². The molecule has 0 saturated carbocycles. The van der Waals surface area contributed by atoms with E-state index < -0.39 is 5.97 Å². The molecule has 1 aromatic heterocycles. The first-order valence-electron chi connectivity index (χ1n) is 7.83. The second-order valence-electron chi connectivity index (χ2n) is 5.60. The number of benzene rings is 1. The van der Waals surface area contributed by atoms with E-state index in [4.69, 9.17) is 4.74 Å². The summed E-state index contributed by atoms with van der Waals surface area (Å²) in [7, 11) is 0. The van der Waals surface area contributed by atoms with Crippen molar-refractivity contribution < 1.29 is 13.9 Å². The van der Waals surface area contributed by atoms with Crippen LogP contribution in [0.2, 0.25) is 0 Å². The van der Waals surface area contributed by atoms with Gasteiger partial charge in [0.05, 0.1) is 17.8 Å². The molecule has 1 N–H and O–H groups in total. The molecule has 3 rings (SSSR count). The van der Waals surface area contributed by atoms with Crippen LogP contribution in [0.15, 0.2) is 18.3 Å². The third-order valence-corrected chi connectivity index (χ3v) is 4.03. The van der Waals surface area contributed by atoms with E-state index in [1.165, 1.54) is 12.1 Å². The van der Waals surface area contributed by atoms with Crippen molar-refractivity contribution in [2.24, 2.45) is 0 Å². The van der Waals surface area contributed by atoms with Crippen molar-refractivity contribution in [1.82, 2.24) is 10.3 Å². The van der Waals surface area contributed by atoms with E-state index in [-0.39, 0.29) is 5.82 Å². The number of hydrogen-bond donors (Lipinski definition) is 1. The van der Waals surface area contributed by atoms with E-state index in [1.54, 1.807) is 13.1 Å². The van der Waals surface area contributed by atoms with Gasteiger partial charge in [0.2, 0.25) is 0 Å². The van der Waals surface area contributed by atoms with Gasteiger partial charge in [-0.1, -0.05) is 0 Å². The number of anilines is 1. The number of piperazine rings is 1. The van der Waals surface area contributed by atoms with Crippen molar-refractivity contribution in [2.75, 3.05) is 37.7 Å². The Morgan fingerprint density at radius 1 is 1.39 bits per heavy atom. The molecule has 23 heavy (non-hydrogen) atoms. The van der Waals surface area contributed by atoms with Crippen molar-refractivity contribution in [1.29, 1.82) is 0 Å². The fraction of sp³-hybridized carbons (Fsp3) is 0.412. The Morgan fingerprint density at radius 2 is 2.13 bits per heavy atom. The fourth-order valence-electron chi connectivity index (χ4n) is 3.01. The van der Waals surface area contributed by atoms with Gasteiger partial charge in [0.1, 0.15) is 11.4 Å². The summed E-state index contributed by atoms with van der Waals surface area (Å²) in [4.78, 5) is 18.8. The first-order valence-corrected chi connectivity index (χ1v) is 7.83. The van der Waals surface area contributed by atoms with Crippen molar-refractivity contribution >= 4 is 22.6 Å². The van der Waals surface area contributed by atoms with Crippen LogP contribution in [0.4, 0.5) is 10.1 Å². The molecular weight excluding hydrogens is 297 g/mol. The standard InChI is InChI=1S/C17H20FN3O2/c1-3-23-17(22)14-10-20-15-11(2)8-12(18)9-13(15)16(14)21-6-4-19-5-7-21/h8-10,19H,3-7H2,1-2H3. The minimum Gasteiger partial charge on any atom is -0.462 e. The monoisotopic (exact) mass is 317 g/mol. The maximum Gasteiger partial charge on any atom is 0.341 e. The predicted octanol–water partition coefficient (Wildman–Crippen LogP) is 2.27. The van der Waals surface area contributed by atoms with Gasteiger partial charge in [-0.25, -0.2) is 9.18 Å². The Hall–Kier alpha value is -2.21. The van der Waals surface area contributed by atoms with Crippen molar-refractivity contribution in [3.63, 3.8) is 0 Å². The smallest absolute Gasteiger partial charge is 0.341 e. The molecule has 2 heterocycles. The van der Waals surface area contributed by atoms with Crippen LogP contribution >= 0.6 is 0 Å². The Balaban J connectivity index is 2.23. The number of aromatic nitrogens is 1. The Morgan fingerprint density at radius 3 is 2.83 bits per heavy atom. The third-order valence-electron chi connectivity index (χ3n) is 4.03. The number of pyridine rings is 1. The van der Waals surface area contributed by atoms with E-state index in [2.05, 4.69) is 15.2 Å². The van der Waals surface area contributed by atoms with Gasteiger partial charge in [-0.3, -0.25) is 4.98 Å². The molecule has 0 spiro atoms. The average molecular weight is 317 g/mol. The van der Waals surface area contributed by atoms with Crippen LogP contribution < -0.4 is 10.2 Å². The molecule has 1 fully saturated rings. The summed E-state index contributed by atoms with van der Waals surface area (Å²) in [6, 6.07) is 2.91. The van der Waals surface area contributed by atoms with Gasteiger partial charge in [0.15, 0.2) is 0 Å². The summed E-state index contributed by atoms with van der Waals surface area (Å²) in [5.74, 6) is -0.744. The average Bonchev–Trinajstić information content (AvgIpc) is 2.54. The molecule has 0 aliphatic carbocycles. The third kappa shape index (κ3) is 2.99. The first-order chi connectivity index (χ1) is 11.1. The first kappa shape index (κ1) is 15.7. The number of rotatable bonds is 3. The zero-order chi connectivity index (χ0) is 16.4. The normalized spacial score (nSPS) is 15.0. The summed E-state index contributed by atoms with van der Waals surface area (Å²) in [5, 5.41) is 3.94. The summed E-state index contributed by atoms with van der Waals surface area (Å²) in [5.41, 5.74) is 2.59. The second-order valence-corrected chi connectivity index (χ2v) is 5.60. The molecule has 0 atom stereocenters. The lowest BCUT2D eigenvalue weighted by atomic mass is 10.0. The number of aryl methyl sites for hydroxylation is 1. The SMILES string of the molecule is CCOC(=O)c1cnc2c(C)cc(F)cc2c1N1CCNCC1. The quantitative estimate of drug-likeness (QED) is 0.880. The van der Waals surface area contributed by atoms with Gasteiger partial charge in [0.25, 0.3) is 0 Å². The molecular formula is C17H20FN3O2. The number of nitrogens with zero attached hydrogens (tertiary/aromatic N) is 2. The van der Waals surface area contributed by atoms with Crippen molar-refractivity contribution in [3.8, 4) is 0 Å². The van der Waals surface area contributed by atoms with Gasteiger partial charge in [-0.15, -0.1) is 0 Å². The van der Waals surface area contributed by atoms with E-state index in [0.29, 0.717) is 23.1 Å². The van der Waals surface area contributed by atoms with Crippen molar-refractivity contribution in [3.05, 3.63) is 35.3 Å². The molecule has 0 unspecified atom stereocenters. The maximum absolute atomic E-state index is 14.0. The molecule has 122 valence electrons. The molecule has 0 bridgehead atoms. The van der Waals surface area contributed by atoms with E-state index in [1.807, 2.05) is 6.92 Å². The van der Waals surface area contributed by atoms with Crippen LogP contribution in [0, 0.1) is 12.7 Å². The minimum atomic E-state index is -0.419. The second kappa shape index (κ2) is 6.50. The van der Waals surface area contributed by atoms with Gasteiger partial charge in [-0.05, 0) is 31.5 Å². The predicted molar refractivity (Wildman–Crippen MR) is 87.5 cm³/mol. The lowest BCUT2D eigenvalue weighted by Gasteiger charge is -2.31. The highest BCUT2D eigenvalue weighted by Crippen LogP contribution is 2.32. The summed E-state index contributed by atoms with van der Waals surface area (Å²) in [6.07, 6.45) is 1.54. The van der Waals surface area contributed by atoms with Gasteiger partial charge >= 0.3 is 5.97 Å². The van der Waals surface area contributed by atoms with Gasteiger partial charge in [0, 0.05) is 37.8 Å². The summed E-state index contributed by atoms with van der Waals surface area (Å²) in [6.45, 7) is 7.02. The minimum absolute atomic E-state index is 0.292. The van der Waals surface area contributed by atoms with Gasteiger partial charge in [-0.2, -0.15) is 0 Å². The lowest BCUT2D eigenvalue weighted by Crippen LogP contribution is -2.44. The molecule has 1 aliphatic heterocycles. The molecule has 1 aliphatic rings. The molecule has 6 heteroatoms. The number of fused-ring (bicyclic) bond motifs is 1. The number of halogens is 1. The Labute approximate surface area is 134 Å². The fourth-order valence-corrected chi connectivity index (χ4v) is 3.01. The number of carbonyl (C=O) groups excluding carboxylic acids is 1. The van der Waals surface area contributed by atoms with Gasteiger partial charge < -0.3 is 15.0 Å². The zero-order valence-electron chi connectivity index (χ0n) is 13.4. The lowest BCUT2D eigenvalue weighted by molar-refractivity contribution is 0.0526. The van der Waals surface area contributed by atoms with Crippen LogP contribution in [0.1, 0.15) is 22.8 Å². The number of carbonyl (C=O) groups is 1. The van der Waals surface area contributed by atoms with Crippen LogP contribution in [0.25, 0.3) is 10.9 Å². The Bertz CT molecular complexity index is 742. The summed E-state index contributed by atoms with van der Waals surface area (Å²) < 4.78 is 19.1. The number of hydrogen-bond acceptors (Lipinski definition) is 5. The van der Waals surface area contributed by atoms with E-state index in [0.717, 1.165) is 37.4 Å². The maximum atomic E-state index is 14.0. The Kier molecular flexibility index (Phi) is 4.43. The largest absolute Gasteiger partial charge is 0.462 e.